The SMILES string of the molecule is CC(C#N)S(=O)(=O)NCCCC(F)(F)F. The quantitative estimate of drug-likeness (QED) is 0.738. The predicted molar refractivity (Wildman–Crippen MR) is 47.3 cm³/mol. The van der Waals surface area contributed by atoms with Crippen molar-refractivity contribution >= 4 is 10.0 Å². The molecule has 4 nitrogen and oxygen atoms in total. The highest BCUT2D eigenvalue weighted by Crippen LogP contribution is 2.20. The molecule has 0 heterocycles. The number of nitrogens with zero attached hydrogens (tertiary/aromatic N) is 1. The van der Waals surface area contributed by atoms with E-state index < -0.39 is 27.9 Å². The summed E-state index contributed by atoms with van der Waals surface area (Å²) in [4.78, 5) is 0. The van der Waals surface area contributed by atoms with Crippen molar-refractivity contribution in [3.63, 3.8) is 0 Å². The third kappa shape index (κ3) is 6.30. The lowest BCUT2D eigenvalue weighted by atomic mass is 10.3. The molecule has 0 amide bonds. The zero-order valence-electron chi connectivity index (χ0n) is 8.00. The van der Waals surface area contributed by atoms with E-state index in [1.807, 2.05) is 4.72 Å². The van der Waals surface area contributed by atoms with Gasteiger partial charge in [0.25, 0.3) is 0 Å². The molecule has 1 unspecified atom stereocenters. The van der Waals surface area contributed by atoms with Gasteiger partial charge in [-0.25, -0.2) is 13.1 Å². The van der Waals surface area contributed by atoms with Crippen molar-refractivity contribution in [2.45, 2.75) is 31.2 Å². The summed E-state index contributed by atoms with van der Waals surface area (Å²) in [6, 6.07) is 1.49. The summed E-state index contributed by atoms with van der Waals surface area (Å²) in [6.07, 6.45) is -5.66. The van der Waals surface area contributed by atoms with Crippen molar-refractivity contribution in [2.24, 2.45) is 0 Å². The number of halogens is 3. The summed E-state index contributed by atoms with van der Waals surface area (Å²) in [5, 5.41) is 7.05. The summed E-state index contributed by atoms with van der Waals surface area (Å²) in [5.74, 6) is 0. The molecule has 0 aromatic rings. The molecule has 0 aromatic carbocycles. The van der Waals surface area contributed by atoms with E-state index in [0.29, 0.717) is 0 Å². The first kappa shape index (κ1) is 14.2. The minimum Gasteiger partial charge on any atom is -0.214 e. The minimum absolute atomic E-state index is 0.312. The predicted octanol–water partition coefficient (Wildman–Crippen LogP) is 1.16. The Hall–Kier alpha value is -0.810. The molecule has 15 heavy (non-hydrogen) atoms. The molecule has 1 atom stereocenters. The fourth-order valence-electron chi connectivity index (χ4n) is 0.698. The highest BCUT2D eigenvalue weighted by molar-refractivity contribution is 7.90. The molecule has 0 spiro atoms. The standard InChI is InChI=1S/C7H11F3N2O2S/c1-6(5-11)15(13,14)12-4-2-3-7(8,9)10/h6,12H,2-4H2,1H3. The Morgan fingerprint density at radius 2 is 2.00 bits per heavy atom. The second kappa shape index (κ2) is 5.32. The Kier molecular flexibility index (Phi) is 5.03. The average Bonchev–Trinajstić information content (AvgIpc) is 2.09. The summed E-state index contributed by atoms with van der Waals surface area (Å²) in [6.45, 7) is 0.847. The van der Waals surface area contributed by atoms with Crippen LogP contribution in [-0.4, -0.2) is 26.4 Å². The molecule has 88 valence electrons. The summed E-state index contributed by atoms with van der Waals surface area (Å²) >= 11 is 0. The molecule has 1 N–H and O–H groups in total. The van der Waals surface area contributed by atoms with E-state index in [9.17, 15) is 21.6 Å². The maximum absolute atomic E-state index is 11.7. The number of hydrogen-bond donors (Lipinski definition) is 1. The van der Waals surface area contributed by atoms with Gasteiger partial charge >= 0.3 is 6.18 Å². The van der Waals surface area contributed by atoms with E-state index in [2.05, 4.69) is 0 Å². The fourth-order valence-corrected chi connectivity index (χ4v) is 1.52. The normalized spacial score (nSPS) is 14.6. The first-order valence-corrected chi connectivity index (χ1v) is 5.68. The van der Waals surface area contributed by atoms with Crippen molar-refractivity contribution in [3.05, 3.63) is 0 Å². The third-order valence-electron chi connectivity index (χ3n) is 1.59. The van der Waals surface area contributed by atoms with Gasteiger partial charge in [-0.05, 0) is 13.3 Å². The van der Waals surface area contributed by atoms with Crippen molar-refractivity contribution in [2.75, 3.05) is 6.54 Å². The molecule has 0 aliphatic rings. The molecule has 0 aliphatic heterocycles. The second-order valence-electron chi connectivity index (χ2n) is 2.93. The van der Waals surface area contributed by atoms with E-state index in [1.54, 1.807) is 0 Å². The summed E-state index contributed by atoms with van der Waals surface area (Å²) < 4.78 is 59.1. The van der Waals surface area contributed by atoms with Gasteiger partial charge in [-0.15, -0.1) is 0 Å². The highest BCUT2D eigenvalue weighted by Gasteiger charge is 2.26. The van der Waals surface area contributed by atoms with E-state index >= 15 is 0 Å². The van der Waals surface area contributed by atoms with Gasteiger partial charge in [0.15, 0.2) is 5.25 Å². The topological polar surface area (TPSA) is 70.0 Å². The van der Waals surface area contributed by atoms with Gasteiger partial charge in [0.05, 0.1) is 6.07 Å². The van der Waals surface area contributed by atoms with Gasteiger partial charge in [-0.1, -0.05) is 0 Å². The van der Waals surface area contributed by atoms with Gasteiger partial charge in [0, 0.05) is 13.0 Å². The van der Waals surface area contributed by atoms with E-state index in [-0.39, 0.29) is 13.0 Å². The second-order valence-corrected chi connectivity index (χ2v) is 5.02. The molecular weight excluding hydrogens is 233 g/mol. The number of hydrogen-bond acceptors (Lipinski definition) is 3. The first-order chi connectivity index (χ1) is 6.69. The zero-order chi connectivity index (χ0) is 12.1. The van der Waals surface area contributed by atoms with Crippen molar-refractivity contribution < 1.29 is 21.6 Å². The van der Waals surface area contributed by atoms with Crippen LogP contribution in [0.1, 0.15) is 19.8 Å². The van der Waals surface area contributed by atoms with Crippen LogP contribution in [0, 0.1) is 11.3 Å². The average molecular weight is 244 g/mol. The van der Waals surface area contributed by atoms with Crippen LogP contribution in [0.2, 0.25) is 0 Å². The lowest BCUT2D eigenvalue weighted by Crippen LogP contribution is -2.32. The van der Waals surface area contributed by atoms with Gasteiger partial charge in [-0.3, -0.25) is 0 Å². The number of nitriles is 1. The van der Waals surface area contributed by atoms with Gasteiger partial charge < -0.3 is 0 Å². The summed E-state index contributed by atoms with van der Waals surface area (Å²) in [7, 11) is -3.81. The Morgan fingerprint density at radius 3 is 2.40 bits per heavy atom. The van der Waals surface area contributed by atoms with Crippen LogP contribution in [0.4, 0.5) is 13.2 Å². The van der Waals surface area contributed by atoms with Crippen LogP contribution >= 0.6 is 0 Å². The fraction of sp³-hybridized carbons (Fsp3) is 0.857. The van der Waals surface area contributed by atoms with Crippen LogP contribution in [-0.2, 0) is 10.0 Å². The van der Waals surface area contributed by atoms with E-state index in [1.165, 1.54) is 6.07 Å². The van der Waals surface area contributed by atoms with Crippen LogP contribution in [0.15, 0.2) is 0 Å². The highest BCUT2D eigenvalue weighted by atomic mass is 32.2. The Bertz CT molecular complexity index is 331. The molecular formula is C7H11F3N2O2S. The van der Waals surface area contributed by atoms with Crippen LogP contribution in [0.5, 0.6) is 0 Å². The van der Waals surface area contributed by atoms with Crippen LogP contribution in [0.3, 0.4) is 0 Å². The molecule has 0 rings (SSSR count). The largest absolute Gasteiger partial charge is 0.389 e. The molecule has 0 saturated heterocycles. The van der Waals surface area contributed by atoms with Crippen molar-refractivity contribution in [1.29, 1.82) is 5.26 Å². The lowest BCUT2D eigenvalue weighted by molar-refractivity contribution is -0.135. The van der Waals surface area contributed by atoms with Crippen molar-refractivity contribution in [1.82, 2.24) is 4.72 Å². The first-order valence-electron chi connectivity index (χ1n) is 4.14. The molecule has 0 aromatic heterocycles. The molecule has 0 radical (unpaired) electrons. The number of sulfonamides is 1. The van der Waals surface area contributed by atoms with Crippen LogP contribution < -0.4 is 4.72 Å². The molecule has 0 aliphatic carbocycles. The molecule has 8 heteroatoms. The molecule has 0 fully saturated rings. The summed E-state index contributed by atoms with van der Waals surface area (Å²) in [5.41, 5.74) is 0. The Morgan fingerprint density at radius 1 is 1.47 bits per heavy atom. The maximum atomic E-state index is 11.7. The monoisotopic (exact) mass is 244 g/mol. The van der Waals surface area contributed by atoms with Crippen LogP contribution in [0.25, 0.3) is 0 Å². The number of rotatable bonds is 5. The Balaban J connectivity index is 3.94. The minimum atomic E-state index is -4.29. The molecule has 0 bridgehead atoms. The van der Waals surface area contributed by atoms with Gasteiger partial charge in [-0.2, -0.15) is 18.4 Å². The smallest absolute Gasteiger partial charge is 0.214 e. The molecule has 0 saturated carbocycles. The number of alkyl halides is 3. The van der Waals surface area contributed by atoms with E-state index in [0.717, 1.165) is 6.92 Å². The lowest BCUT2D eigenvalue weighted by Gasteiger charge is -2.08. The zero-order valence-corrected chi connectivity index (χ0v) is 8.82. The van der Waals surface area contributed by atoms with Gasteiger partial charge in [0.1, 0.15) is 0 Å². The van der Waals surface area contributed by atoms with E-state index in [4.69, 9.17) is 5.26 Å². The van der Waals surface area contributed by atoms with Gasteiger partial charge in [0.2, 0.25) is 10.0 Å². The maximum Gasteiger partial charge on any atom is 0.389 e. The number of nitrogens with one attached hydrogen (secondary N) is 1. The Labute approximate surface area is 86.1 Å². The van der Waals surface area contributed by atoms with Crippen molar-refractivity contribution in [3.8, 4) is 6.07 Å². The third-order valence-corrected chi connectivity index (χ3v) is 3.23.